The molecule has 2 heteroatoms. The quantitative estimate of drug-likeness (QED) is 0.623. The van der Waals surface area contributed by atoms with Crippen molar-refractivity contribution in [3.63, 3.8) is 0 Å². The molecule has 0 atom stereocenters. The Morgan fingerprint density at radius 2 is 1.33 bits per heavy atom. The largest absolute Gasteiger partial charge is 0.303 e. The predicted molar refractivity (Wildman–Crippen MR) is 46.0 cm³/mol. The van der Waals surface area contributed by atoms with Crippen molar-refractivity contribution in [1.82, 2.24) is 0 Å². The molecule has 1 rings (SSSR count). The molecule has 0 unspecified atom stereocenters. The Kier molecular flexibility index (Phi) is 3.20. The molecule has 1 aromatic rings. The molecule has 0 aliphatic heterocycles. The number of hydrogen-bond acceptors (Lipinski definition) is 2. The molecule has 0 amide bonds. The SMILES string of the molecule is O=CCc1ccccc1CC=O. The second kappa shape index (κ2) is 4.44. The summed E-state index contributed by atoms with van der Waals surface area (Å²) in [5.74, 6) is 0. The van der Waals surface area contributed by atoms with E-state index in [4.69, 9.17) is 0 Å². The lowest BCUT2D eigenvalue weighted by Gasteiger charge is -2.01. The van der Waals surface area contributed by atoms with E-state index in [1.165, 1.54) is 0 Å². The maximum Gasteiger partial charge on any atom is 0.124 e. The Morgan fingerprint density at radius 1 is 0.917 bits per heavy atom. The normalized spacial score (nSPS) is 9.33. The van der Waals surface area contributed by atoms with Gasteiger partial charge in [-0.05, 0) is 11.1 Å². The van der Waals surface area contributed by atoms with Crippen LogP contribution in [0.2, 0.25) is 0 Å². The van der Waals surface area contributed by atoms with Gasteiger partial charge in [0.1, 0.15) is 12.6 Å². The van der Waals surface area contributed by atoms with Gasteiger partial charge in [0, 0.05) is 12.8 Å². The van der Waals surface area contributed by atoms with E-state index in [0.717, 1.165) is 23.7 Å². The van der Waals surface area contributed by atoms with Crippen molar-refractivity contribution in [3.05, 3.63) is 35.4 Å². The van der Waals surface area contributed by atoms with E-state index in [1.54, 1.807) is 0 Å². The highest BCUT2D eigenvalue weighted by molar-refractivity contribution is 5.60. The summed E-state index contributed by atoms with van der Waals surface area (Å²) < 4.78 is 0. The number of rotatable bonds is 4. The molecule has 0 aliphatic rings. The zero-order chi connectivity index (χ0) is 8.81. The average molecular weight is 162 g/mol. The molecule has 0 saturated heterocycles. The summed E-state index contributed by atoms with van der Waals surface area (Å²) in [6, 6.07) is 7.47. The zero-order valence-corrected chi connectivity index (χ0v) is 6.69. The molecule has 0 radical (unpaired) electrons. The van der Waals surface area contributed by atoms with Crippen molar-refractivity contribution in [2.75, 3.05) is 0 Å². The summed E-state index contributed by atoms with van der Waals surface area (Å²) >= 11 is 0. The molecule has 12 heavy (non-hydrogen) atoms. The molecular weight excluding hydrogens is 152 g/mol. The number of hydrogen-bond donors (Lipinski definition) is 0. The van der Waals surface area contributed by atoms with Gasteiger partial charge >= 0.3 is 0 Å². The second-order valence-electron chi connectivity index (χ2n) is 2.51. The molecule has 2 nitrogen and oxygen atoms in total. The molecular formula is C10H10O2. The van der Waals surface area contributed by atoms with Crippen LogP contribution in [0, 0.1) is 0 Å². The van der Waals surface area contributed by atoms with Gasteiger partial charge in [-0.1, -0.05) is 24.3 Å². The van der Waals surface area contributed by atoms with Gasteiger partial charge in [0.05, 0.1) is 0 Å². The minimum absolute atomic E-state index is 0.393. The van der Waals surface area contributed by atoms with Crippen LogP contribution >= 0.6 is 0 Å². The lowest BCUT2D eigenvalue weighted by Crippen LogP contribution is -1.95. The fraction of sp³-hybridized carbons (Fsp3) is 0.200. The Labute approximate surface area is 71.2 Å². The highest BCUT2D eigenvalue weighted by Crippen LogP contribution is 2.08. The highest BCUT2D eigenvalue weighted by Gasteiger charge is 1.98. The van der Waals surface area contributed by atoms with Crippen LogP contribution in [0.15, 0.2) is 24.3 Å². The molecule has 0 saturated carbocycles. The first-order valence-corrected chi connectivity index (χ1v) is 3.82. The van der Waals surface area contributed by atoms with Crippen LogP contribution in [0.3, 0.4) is 0 Å². The van der Waals surface area contributed by atoms with Gasteiger partial charge in [-0.3, -0.25) is 0 Å². The van der Waals surface area contributed by atoms with Crippen LogP contribution in [0.4, 0.5) is 0 Å². The molecule has 0 bridgehead atoms. The third-order valence-electron chi connectivity index (χ3n) is 1.72. The van der Waals surface area contributed by atoms with Gasteiger partial charge in [-0.2, -0.15) is 0 Å². The van der Waals surface area contributed by atoms with Gasteiger partial charge in [0.2, 0.25) is 0 Å². The summed E-state index contributed by atoms with van der Waals surface area (Å²) in [5, 5.41) is 0. The minimum atomic E-state index is 0.393. The van der Waals surface area contributed by atoms with Crippen molar-refractivity contribution < 1.29 is 9.59 Å². The Bertz CT molecular complexity index is 250. The summed E-state index contributed by atoms with van der Waals surface area (Å²) in [6.45, 7) is 0. The van der Waals surface area contributed by atoms with E-state index in [-0.39, 0.29) is 0 Å². The lowest BCUT2D eigenvalue weighted by molar-refractivity contribution is -0.108. The Morgan fingerprint density at radius 3 is 1.67 bits per heavy atom. The summed E-state index contributed by atoms with van der Waals surface area (Å²) in [5.41, 5.74) is 1.89. The van der Waals surface area contributed by atoms with Crippen molar-refractivity contribution in [2.45, 2.75) is 12.8 Å². The predicted octanol–water partition coefficient (Wildman–Crippen LogP) is 1.17. The zero-order valence-electron chi connectivity index (χ0n) is 6.69. The topological polar surface area (TPSA) is 34.1 Å². The van der Waals surface area contributed by atoms with E-state index in [2.05, 4.69) is 0 Å². The standard InChI is InChI=1S/C10H10O2/c11-7-5-9-3-1-2-4-10(9)6-8-12/h1-4,7-8H,5-6H2. The molecule has 0 fully saturated rings. The first-order chi connectivity index (χ1) is 5.88. The number of aldehydes is 2. The van der Waals surface area contributed by atoms with Crippen LogP contribution in [-0.4, -0.2) is 12.6 Å². The van der Waals surface area contributed by atoms with Crippen LogP contribution in [-0.2, 0) is 22.4 Å². The number of benzene rings is 1. The van der Waals surface area contributed by atoms with Crippen LogP contribution < -0.4 is 0 Å². The highest BCUT2D eigenvalue weighted by atomic mass is 16.1. The molecule has 0 aromatic heterocycles. The van der Waals surface area contributed by atoms with Gasteiger partial charge in [-0.15, -0.1) is 0 Å². The summed E-state index contributed by atoms with van der Waals surface area (Å²) in [6.07, 6.45) is 2.49. The van der Waals surface area contributed by atoms with Crippen LogP contribution in [0.25, 0.3) is 0 Å². The maximum atomic E-state index is 10.2. The fourth-order valence-electron chi connectivity index (χ4n) is 1.14. The minimum Gasteiger partial charge on any atom is -0.303 e. The van der Waals surface area contributed by atoms with Crippen molar-refractivity contribution in [1.29, 1.82) is 0 Å². The smallest absolute Gasteiger partial charge is 0.124 e. The van der Waals surface area contributed by atoms with E-state index in [0.29, 0.717) is 12.8 Å². The van der Waals surface area contributed by atoms with E-state index in [1.807, 2.05) is 24.3 Å². The van der Waals surface area contributed by atoms with Crippen molar-refractivity contribution in [2.24, 2.45) is 0 Å². The van der Waals surface area contributed by atoms with Gasteiger partial charge in [0.15, 0.2) is 0 Å². The van der Waals surface area contributed by atoms with Gasteiger partial charge in [-0.25, -0.2) is 0 Å². The number of carbonyl (C=O) groups excluding carboxylic acids is 2. The summed E-state index contributed by atoms with van der Waals surface area (Å²) in [4.78, 5) is 20.5. The van der Waals surface area contributed by atoms with Gasteiger partial charge in [0.25, 0.3) is 0 Å². The molecule has 0 heterocycles. The van der Waals surface area contributed by atoms with E-state index >= 15 is 0 Å². The summed E-state index contributed by atoms with van der Waals surface area (Å²) in [7, 11) is 0. The van der Waals surface area contributed by atoms with E-state index < -0.39 is 0 Å². The molecule has 0 spiro atoms. The van der Waals surface area contributed by atoms with Gasteiger partial charge < -0.3 is 9.59 Å². The monoisotopic (exact) mass is 162 g/mol. The fourth-order valence-corrected chi connectivity index (χ4v) is 1.14. The third-order valence-corrected chi connectivity index (χ3v) is 1.72. The Hall–Kier alpha value is -1.44. The first kappa shape index (κ1) is 8.65. The molecule has 1 aromatic carbocycles. The average Bonchev–Trinajstić information content (AvgIpc) is 2.09. The number of carbonyl (C=O) groups is 2. The molecule has 0 N–H and O–H groups in total. The maximum absolute atomic E-state index is 10.2. The van der Waals surface area contributed by atoms with Crippen LogP contribution in [0.5, 0.6) is 0 Å². The van der Waals surface area contributed by atoms with Crippen LogP contribution in [0.1, 0.15) is 11.1 Å². The molecule has 62 valence electrons. The van der Waals surface area contributed by atoms with Crippen molar-refractivity contribution in [3.8, 4) is 0 Å². The lowest BCUT2D eigenvalue weighted by atomic mass is 10.0. The molecule has 0 aliphatic carbocycles. The second-order valence-corrected chi connectivity index (χ2v) is 2.51. The van der Waals surface area contributed by atoms with E-state index in [9.17, 15) is 9.59 Å². The van der Waals surface area contributed by atoms with Crippen molar-refractivity contribution >= 4 is 12.6 Å². The Balaban J connectivity index is 2.90. The third kappa shape index (κ3) is 2.02. The first-order valence-electron chi connectivity index (χ1n) is 3.82.